The van der Waals surface area contributed by atoms with Gasteiger partial charge in [-0.2, -0.15) is 0 Å². The van der Waals surface area contributed by atoms with Crippen molar-refractivity contribution in [2.45, 2.75) is 13.3 Å². The van der Waals surface area contributed by atoms with Crippen LogP contribution in [0.2, 0.25) is 0 Å². The van der Waals surface area contributed by atoms with Crippen LogP contribution in [0.15, 0.2) is 18.2 Å². The summed E-state index contributed by atoms with van der Waals surface area (Å²) in [5.41, 5.74) is 6.16. The van der Waals surface area contributed by atoms with Gasteiger partial charge < -0.3 is 10.5 Å². The molecule has 0 spiro atoms. The Hall–Kier alpha value is -1.29. The molecule has 5 heteroatoms. The number of anilines is 1. The third-order valence-corrected chi connectivity index (χ3v) is 1.71. The first kappa shape index (κ1) is 13.7. The van der Waals surface area contributed by atoms with Crippen molar-refractivity contribution in [2.24, 2.45) is 0 Å². The number of halogens is 2. The van der Waals surface area contributed by atoms with Crippen molar-refractivity contribution in [1.82, 2.24) is 0 Å². The molecule has 0 heterocycles. The predicted octanol–water partition coefficient (Wildman–Crippen LogP) is 1.94. The highest BCUT2D eigenvalue weighted by atomic mass is 35.5. The standard InChI is InChI=1S/C10H12FNO2.ClH/c1-2-14-10(13)6-7-5-8(12)3-4-9(7)11;/h3-5H,2,6,12H2,1H3;1H. The van der Waals surface area contributed by atoms with Crippen LogP contribution in [0, 0.1) is 5.82 Å². The molecule has 0 aromatic heterocycles. The Labute approximate surface area is 93.8 Å². The molecule has 0 aliphatic heterocycles. The Kier molecular flexibility index (Phi) is 5.70. The highest BCUT2D eigenvalue weighted by Gasteiger charge is 2.08. The number of hydrogen-bond acceptors (Lipinski definition) is 3. The van der Waals surface area contributed by atoms with Crippen LogP contribution in [-0.2, 0) is 16.0 Å². The van der Waals surface area contributed by atoms with E-state index in [1.54, 1.807) is 6.92 Å². The molecule has 1 rings (SSSR count). The summed E-state index contributed by atoms with van der Waals surface area (Å²) >= 11 is 0. The summed E-state index contributed by atoms with van der Waals surface area (Å²) in [6.07, 6.45) is -0.0787. The number of hydrogen-bond donors (Lipinski definition) is 1. The van der Waals surface area contributed by atoms with Crippen molar-refractivity contribution < 1.29 is 13.9 Å². The van der Waals surface area contributed by atoms with Crippen molar-refractivity contribution in [2.75, 3.05) is 12.3 Å². The van der Waals surface area contributed by atoms with E-state index >= 15 is 0 Å². The first-order chi connectivity index (χ1) is 6.63. The average Bonchev–Trinajstić information content (AvgIpc) is 2.12. The summed E-state index contributed by atoms with van der Waals surface area (Å²) in [6.45, 7) is 2.00. The number of carbonyl (C=O) groups is 1. The summed E-state index contributed by atoms with van der Waals surface area (Å²) in [7, 11) is 0. The van der Waals surface area contributed by atoms with Gasteiger partial charge in [-0.15, -0.1) is 12.4 Å². The summed E-state index contributed by atoms with van der Waals surface area (Å²) < 4.78 is 17.8. The van der Waals surface area contributed by atoms with Gasteiger partial charge in [0.05, 0.1) is 13.0 Å². The Morgan fingerprint density at radius 1 is 1.53 bits per heavy atom. The lowest BCUT2D eigenvalue weighted by Crippen LogP contribution is -2.09. The molecular weight excluding hydrogens is 221 g/mol. The number of esters is 1. The maximum absolute atomic E-state index is 13.1. The van der Waals surface area contributed by atoms with E-state index in [-0.39, 0.29) is 24.4 Å². The molecule has 0 radical (unpaired) electrons. The van der Waals surface area contributed by atoms with Gasteiger partial charge in [-0.25, -0.2) is 4.39 Å². The molecule has 0 saturated carbocycles. The lowest BCUT2D eigenvalue weighted by molar-refractivity contribution is -0.142. The summed E-state index contributed by atoms with van der Waals surface area (Å²) in [5, 5.41) is 0. The highest BCUT2D eigenvalue weighted by Crippen LogP contribution is 2.12. The Morgan fingerprint density at radius 2 is 2.20 bits per heavy atom. The lowest BCUT2D eigenvalue weighted by Gasteiger charge is -2.04. The fourth-order valence-corrected chi connectivity index (χ4v) is 1.10. The summed E-state index contributed by atoms with van der Waals surface area (Å²) in [4.78, 5) is 11.0. The van der Waals surface area contributed by atoms with Crippen molar-refractivity contribution >= 4 is 24.1 Å². The zero-order chi connectivity index (χ0) is 10.6. The largest absolute Gasteiger partial charge is 0.466 e. The zero-order valence-electron chi connectivity index (χ0n) is 8.33. The molecular formula is C10H13ClFNO2. The smallest absolute Gasteiger partial charge is 0.310 e. The first-order valence-corrected chi connectivity index (χ1v) is 4.33. The van der Waals surface area contributed by atoms with Gasteiger partial charge in [0.2, 0.25) is 0 Å². The third-order valence-electron chi connectivity index (χ3n) is 1.71. The molecule has 0 bridgehead atoms. The van der Waals surface area contributed by atoms with Gasteiger partial charge in [0.25, 0.3) is 0 Å². The Balaban J connectivity index is 0.00000196. The normalized spacial score (nSPS) is 9.20. The molecule has 0 aliphatic rings. The topological polar surface area (TPSA) is 52.3 Å². The minimum atomic E-state index is -0.447. The van der Waals surface area contributed by atoms with Crippen molar-refractivity contribution in [3.05, 3.63) is 29.6 Å². The van der Waals surface area contributed by atoms with Crippen LogP contribution in [0.1, 0.15) is 12.5 Å². The summed E-state index contributed by atoms with van der Waals surface area (Å²) in [6, 6.07) is 4.13. The van der Waals surface area contributed by atoms with Gasteiger partial charge in [-0.3, -0.25) is 4.79 Å². The van der Waals surface area contributed by atoms with Crippen LogP contribution in [0.3, 0.4) is 0 Å². The molecule has 15 heavy (non-hydrogen) atoms. The van der Waals surface area contributed by atoms with Crippen LogP contribution in [0.25, 0.3) is 0 Å². The van der Waals surface area contributed by atoms with Gasteiger partial charge in [0, 0.05) is 11.3 Å². The second-order valence-corrected chi connectivity index (χ2v) is 2.83. The number of rotatable bonds is 3. The molecule has 84 valence electrons. The Bertz CT molecular complexity index is 344. The maximum Gasteiger partial charge on any atom is 0.310 e. The van der Waals surface area contributed by atoms with Crippen molar-refractivity contribution in [3.63, 3.8) is 0 Å². The van der Waals surface area contributed by atoms with E-state index in [0.717, 1.165) is 0 Å². The van der Waals surface area contributed by atoms with E-state index in [9.17, 15) is 9.18 Å². The second kappa shape index (κ2) is 6.24. The molecule has 1 aromatic carbocycles. The van der Waals surface area contributed by atoms with E-state index in [1.165, 1.54) is 18.2 Å². The van der Waals surface area contributed by atoms with Crippen molar-refractivity contribution in [1.29, 1.82) is 0 Å². The summed E-state index contributed by atoms with van der Waals surface area (Å²) in [5.74, 6) is -0.885. The molecule has 1 aromatic rings. The fraction of sp³-hybridized carbons (Fsp3) is 0.300. The Morgan fingerprint density at radius 3 is 2.80 bits per heavy atom. The second-order valence-electron chi connectivity index (χ2n) is 2.83. The van der Waals surface area contributed by atoms with Crippen LogP contribution in [-0.4, -0.2) is 12.6 Å². The van der Waals surface area contributed by atoms with Gasteiger partial charge in [0.15, 0.2) is 0 Å². The molecule has 0 aliphatic carbocycles. The van der Waals surface area contributed by atoms with Crippen molar-refractivity contribution in [3.8, 4) is 0 Å². The SMILES string of the molecule is CCOC(=O)Cc1cc(N)ccc1F.Cl. The lowest BCUT2D eigenvalue weighted by atomic mass is 10.1. The molecule has 2 N–H and O–H groups in total. The van der Waals surface area contributed by atoms with Crippen LogP contribution in [0.5, 0.6) is 0 Å². The number of benzene rings is 1. The molecule has 0 amide bonds. The van der Waals surface area contributed by atoms with E-state index in [0.29, 0.717) is 12.3 Å². The number of nitrogen functional groups attached to an aromatic ring is 1. The molecule has 0 saturated heterocycles. The maximum atomic E-state index is 13.1. The van der Waals surface area contributed by atoms with E-state index in [4.69, 9.17) is 10.5 Å². The first-order valence-electron chi connectivity index (χ1n) is 4.33. The average molecular weight is 234 g/mol. The predicted molar refractivity (Wildman–Crippen MR) is 58.4 cm³/mol. The number of ether oxygens (including phenoxy) is 1. The molecule has 3 nitrogen and oxygen atoms in total. The molecule has 0 atom stereocenters. The molecule has 0 fully saturated rings. The monoisotopic (exact) mass is 233 g/mol. The van der Waals surface area contributed by atoms with Gasteiger partial charge in [-0.05, 0) is 25.1 Å². The minimum Gasteiger partial charge on any atom is -0.466 e. The van der Waals surface area contributed by atoms with E-state index in [2.05, 4.69) is 0 Å². The molecule has 0 unspecified atom stereocenters. The number of carbonyl (C=O) groups excluding carboxylic acids is 1. The highest BCUT2D eigenvalue weighted by molar-refractivity contribution is 5.85. The third kappa shape index (κ3) is 4.16. The number of nitrogens with two attached hydrogens (primary N) is 1. The quantitative estimate of drug-likeness (QED) is 0.641. The van der Waals surface area contributed by atoms with Gasteiger partial charge in [-0.1, -0.05) is 0 Å². The zero-order valence-corrected chi connectivity index (χ0v) is 9.14. The minimum absolute atomic E-state index is 0. The van der Waals surface area contributed by atoms with E-state index in [1.807, 2.05) is 0 Å². The van der Waals surface area contributed by atoms with Gasteiger partial charge >= 0.3 is 5.97 Å². The fourth-order valence-electron chi connectivity index (χ4n) is 1.10. The van der Waals surface area contributed by atoms with Crippen LogP contribution in [0.4, 0.5) is 10.1 Å². The van der Waals surface area contributed by atoms with Crippen LogP contribution >= 0.6 is 12.4 Å². The van der Waals surface area contributed by atoms with Crippen LogP contribution < -0.4 is 5.73 Å². The van der Waals surface area contributed by atoms with Gasteiger partial charge in [0.1, 0.15) is 5.82 Å². The van der Waals surface area contributed by atoms with E-state index < -0.39 is 11.8 Å².